The van der Waals surface area contributed by atoms with E-state index < -0.39 is 48.5 Å². The topological polar surface area (TPSA) is 131 Å². The summed E-state index contributed by atoms with van der Waals surface area (Å²) in [4.78, 5) is 62.4. The minimum Gasteiger partial charge on any atom is -0.462 e. The van der Waals surface area contributed by atoms with E-state index in [-0.39, 0.29) is 17.2 Å². The van der Waals surface area contributed by atoms with Gasteiger partial charge in [0, 0.05) is 4.88 Å². The highest BCUT2D eigenvalue weighted by Gasteiger charge is 2.45. The number of benzene rings is 1. The number of rotatable bonds is 8. The first-order chi connectivity index (χ1) is 15.6. The third-order valence-corrected chi connectivity index (χ3v) is 5.79. The van der Waals surface area contributed by atoms with Crippen LogP contribution in [0.25, 0.3) is 10.4 Å². The summed E-state index contributed by atoms with van der Waals surface area (Å²) < 4.78 is 9.97. The lowest BCUT2D eigenvalue weighted by molar-refractivity contribution is -0.150. The second-order valence-corrected chi connectivity index (χ2v) is 8.65. The zero-order valence-corrected chi connectivity index (χ0v) is 19.1. The van der Waals surface area contributed by atoms with Crippen molar-refractivity contribution in [1.29, 1.82) is 0 Å². The number of nitrogens with zero attached hydrogens (tertiary/aromatic N) is 1. The van der Waals surface area contributed by atoms with E-state index >= 15 is 0 Å². The van der Waals surface area contributed by atoms with Crippen LogP contribution in [-0.2, 0) is 23.9 Å². The summed E-state index contributed by atoms with van der Waals surface area (Å²) in [6.45, 7) is 3.59. The van der Waals surface area contributed by atoms with E-state index in [0.717, 1.165) is 26.7 Å². The molecule has 3 rings (SSSR count). The molecule has 11 heteroatoms. The molecule has 33 heavy (non-hydrogen) atoms. The largest absolute Gasteiger partial charge is 0.462 e. The Hall–Kier alpha value is -3.73. The molecular formula is C22H23N3O7S. The van der Waals surface area contributed by atoms with Gasteiger partial charge in [-0.3, -0.25) is 19.3 Å². The molecule has 0 spiro atoms. The predicted molar refractivity (Wildman–Crippen MR) is 120 cm³/mol. The van der Waals surface area contributed by atoms with Crippen LogP contribution in [0.4, 0.5) is 10.5 Å². The highest BCUT2D eigenvalue weighted by molar-refractivity contribution is 7.18. The van der Waals surface area contributed by atoms with Crippen LogP contribution < -0.4 is 10.6 Å². The Balaban J connectivity index is 1.64. The first-order valence-corrected chi connectivity index (χ1v) is 10.9. The van der Waals surface area contributed by atoms with Gasteiger partial charge in [0.25, 0.3) is 11.8 Å². The summed E-state index contributed by atoms with van der Waals surface area (Å²) in [5.41, 5.74) is -0.0288. The van der Waals surface area contributed by atoms with Gasteiger partial charge < -0.3 is 20.1 Å². The van der Waals surface area contributed by atoms with Gasteiger partial charge in [-0.05, 0) is 32.4 Å². The number of amides is 4. The van der Waals surface area contributed by atoms with Gasteiger partial charge in [0.1, 0.15) is 17.0 Å². The number of ether oxygens (including phenoxy) is 2. The summed E-state index contributed by atoms with van der Waals surface area (Å²) in [6, 6.07) is 10.2. The Morgan fingerprint density at radius 3 is 2.42 bits per heavy atom. The molecule has 0 aliphatic carbocycles. The fourth-order valence-corrected chi connectivity index (χ4v) is 4.06. The van der Waals surface area contributed by atoms with Crippen LogP contribution in [0.3, 0.4) is 0 Å². The smallest absolute Gasteiger partial charge is 0.350 e. The monoisotopic (exact) mass is 473 g/mol. The van der Waals surface area contributed by atoms with E-state index in [1.807, 2.05) is 30.3 Å². The number of urea groups is 1. The van der Waals surface area contributed by atoms with E-state index in [4.69, 9.17) is 9.47 Å². The first kappa shape index (κ1) is 23.9. The van der Waals surface area contributed by atoms with E-state index in [2.05, 4.69) is 10.6 Å². The van der Waals surface area contributed by atoms with Gasteiger partial charge in [0.15, 0.2) is 6.61 Å². The average molecular weight is 474 g/mol. The summed E-state index contributed by atoms with van der Waals surface area (Å²) >= 11 is 1.16. The van der Waals surface area contributed by atoms with Crippen LogP contribution in [0.15, 0.2) is 36.4 Å². The Bertz CT molecular complexity index is 1090. The van der Waals surface area contributed by atoms with Crippen molar-refractivity contribution < 1.29 is 33.4 Å². The number of carbonyl (C=O) groups is 5. The molecule has 0 bridgehead atoms. The van der Waals surface area contributed by atoms with Gasteiger partial charge in [0.2, 0.25) is 0 Å². The number of carbonyl (C=O) groups excluding carboxylic acids is 5. The molecule has 1 aliphatic rings. The number of hydrogen-bond donors (Lipinski definition) is 2. The van der Waals surface area contributed by atoms with Crippen LogP contribution in [0.1, 0.15) is 30.4 Å². The Morgan fingerprint density at radius 2 is 1.82 bits per heavy atom. The first-order valence-electron chi connectivity index (χ1n) is 10.1. The Labute approximate surface area is 193 Å². The highest BCUT2D eigenvalue weighted by atomic mass is 32.1. The predicted octanol–water partition coefficient (Wildman–Crippen LogP) is 2.40. The molecule has 4 amide bonds. The third kappa shape index (κ3) is 5.55. The molecule has 1 aromatic heterocycles. The number of esters is 2. The summed E-state index contributed by atoms with van der Waals surface area (Å²) in [7, 11) is 0. The molecule has 2 aromatic rings. The van der Waals surface area contributed by atoms with Crippen LogP contribution in [0.5, 0.6) is 0 Å². The van der Waals surface area contributed by atoms with E-state index in [0.29, 0.717) is 0 Å². The van der Waals surface area contributed by atoms with Crippen molar-refractivity contribution in [2.75, 3.05) is 25.1 Å². The molecule has 1 fully saturated rings. The molecule has 2 heterocycles. The second-order valence-electron chi connectivity index (χ2n) is 7.60. The van der Waals surface area contributed by atoms with Crippen LogP contribution in [0, 0.1) is 0 Å². The van der Waals surface area contributed by atoms with Crippen LogP contribution in [-0.4, -0.2) is 60.0 Å². The minimum atomic E-state index is -1.12. The number of anilines is 1. The van der Waals surface area contributed by atoms with Crippen molar-refractivity contribution in [3.63, 3.8) is 0 Å². The Kier molecular flexibility index (Phi) is 7.12. The van der Waals surface area contributed by atoms with Gasteiger partial charge >= 0.3 is 18.0 Å². The molecule has 174 valence electrons. The lowest BCUT2D eigenvalue weighted by Gasteiger charge is -2.15. The lowest BCUT2D eigenvalue weighted by Crippen LogP contribution is -2.41. The fourth-order valence-electron chi connectivity index (χ4n) is 3.05. The SMILES string of the molecule is CCOC(=O)c1sc(-c2ccccc2)cc1NC(=O)COC(=O)CN1C(=O)NC(C)(C)C1=O. The molecule has 1 saturated heterocycles. The quantitative estimate of drug-likeness (QED) is 0.445. The van der Waals surface area contributed by atoms with E-state index in [1.54, 1.807) is 13.0 Å². The van der Waals surface area contributed by atoms with Crippen molar-refractivity contribution >= 4 is 46.8 Å². The van der Waals surface area contributed by atoms with E-state index in [9.17, 15) is 24.0 Å². The standard InChI is InChI=1S/C22H23N3O7S/c1-4-31-19(28)18-14(10-15(33-18)13-8-6-5-7-9-13)23-16(26)12-32-17(27)11-25-20(29)22(2,3)24-21(25)30/h5-10H,4,11-12H2,1-3H3,(H,23,26)(H,24,30). The molecular weight excluding hydrogens is 450 g/mol. The van der Waals surface area contributed by atoms with E-state index in [1.165, 1.54) is 13.8 Å². The molecule has 0 unspecified atom stereocenters. The van der Waals surface area contributed by atoms with Crippen LogP contribution >= 0.6 is 11.3 Å². The average Bonchev–Trinajstić information content (AvgIpc) is 3.27. The van der Waals surface area contributed by atoms with Crippen molar-refractivity contribution in [3.8, 4) is 10.4 Å². The van der Waals surface area contributed by atoms with Gasteiger partial charge in [-0.15, -0.1) is 11.3 Å². The molecule has 1 aliphatic heterocycles. The molecule has 1 aromatic carbocycles. The third-order valence-electron chi connectivity index (χ3n) is 4.62. The number of hydrogen-bond acceptors (Lipinski definition) is 8. The molecule has 0 radical (unpaired) electrons. The van der Waals surface area contributed by atoms with Gasteiger partial charge in [-0.25, -0.2) is 9.59 Å². The summed E-state index contributed by atoms with van der Waals surface area (Å²) in [5, 5.41) is 5.00. The summed E-state index contributed by atoms with van der Waals surface area (Å²) in [5.74, 6) is -2.77. The van der Waals surface area contributed by atoms with Gasteiger partial charge in [-0.1, -0.05) is 30.3 Å². The Morgan fingerprint density at radius 1 is 1.12 bits per heavy atom. The van der Waals surface area contributed by atoms with Crippen molar-refractivity contribution in [2.45, 2.75) is 26.3 Å². The van der Waals surface area contributed by atoms with Crippen molar-refractivity contribution in [1.82, 2.24) is 10.2 Å². The molecule has 0 saturated carbocycles. The molecule has 0 atom stereocenters. The number of imide groups is 1. The maximum Gasteiger partial charge on any atom is 0.350 e. The minimum absolute atomic E-state index is 0.169. The maximum atomic E-state index is 12.4. The molecule has 10 nitrogen and oxygen atoms in total. The zero-order chi connectivity index (χ0) is 24.2. The zero-order valence-electron chi connectivity index (χ0n) is 18.3. The number of nitrogens with one attached hydrogen (secondary N) is 2. The van der Waals surface area contributed by atoms with Crippen molar-refractivity contribution in [3.05, 3.63) is 41.3 Å². The normalized spacial score (nSPS) is 14.6. The second kappa shape index (κ2) is 9.82. The highest BCUT2D eigenvalue weighted by Crippen LogP contribution is 2.35. The molecule has 2 N–H and O–H groups in total. The maximum absolute atomic E-state index is 12.4. The lowest BCUT2D eigenvalue weighted by atomic mass is 10.1. The summed E-state index contributed by atoms with van der Waals surface area (Å²) in [6.07, 6.45) is 0. The van der Waals surface area contributed by atoms with Gasteiger partial charge in [-0.2, -0.15) is 0 Å². The number of thiophene rings is 1. The van der Waals surface area contributed by atoms with Gasteiger partial charge in [0.05, 0.1) is 12.3 Å². The fraction of sp³-hybridized carbons (Fsp3) is 0.318. The van der Waals surface area contributed by atoms with Crippen LogP contribution in [0.2, 0.25) is 0 Å². The van der Waals surface area contributed by atoms with Crippen molar-refractivity contribution in [2.24, 2.45) is 0 Å².